The Morgan fingerprint density at radius 3 is 2.44 bits per heavy atom. The van der Waals surface area contributed by atoms with Crippen molar-refractivity contribution in [2.45, 2.75) is 24.2 Å². The van der Waals surface area contributed by atoms with E-state index in [9.17, 15) is 18.5 Å². The number of nitro benzene ring substituents is 1. The number of sulfonamides is 1. The lowest BCUT2D eigenvalue weighted by Gasteiger charge is -2.26. The van der Waals surface area contributed by atoms with Gasteiger partial charge < -0.3 is 4.90 Å². The van der Waals surface area contributed by atoms with Gasteiger partial charge >= 0.3 is 0 Å². The molecule has 0 aliphatic carbocycles. The van der Waals surface area contributed by atoms with E-state index in [-0.39, 0.29) is 16.3 Å². The molecule has 10 heteroatoms. The third-order valence-corrected chi connectivity index (χ3v) is 5.25. The van der Waals surface area contributed by atoms with E-state index in [4.69, 9.17) is 0 Å². The highest BCUT2D eigenvalue weighted by Crippen LogP contribution is 2.21. The summed E-state index contributed by atoms with van der Waals surface area (Å²) in [5.74, 6) is 0.568. The number of benzene rings is 1. The molecule has 9 nitrogen and oxygen atoms in total. The molecule has 2 heterocycles. The number of piperidine rings is 1. The molecular weight excluding hydrogens is 346 g/mol. The largest absolute Gasteiger partial charge is 0.341 e. The number of non-ortho nitro benzene ring substituents is 1. The van der Waals surface area contributed by atoms with Crippen molar-refractivity contribution in [2.24, 2.45) is 0 Å². The zero-order valence-electron chi connectivity index (χ0n) is 13.3. The van der Waals surface area contributed by atoms with Crippen LogP contribution in [0.4, 0.5) is 17.3 Å². The number of aromatic nitrogens is 2. The van der Waals surface area contributed by atoms with Gasteiger partial charge in [0.1, 0.15) is 0 Å². The van der Waals surface area contributed by atoms with Crippen LogP contribution in [0, 0.1) is 10.1 Å². The van der Waals surface area contributed by atoms with E-state index in [0.717, 1.165) is 32.0 Å². The Bertz CT molecular complexity index is 864. The van der Waals surface area contributed by atoms with E-state index in [0.29, 0.717) is 5.95 Å². The summed E-state index contributed by atoms with van der Waals surface area (Å²) in [6, 6.07) is 4.85. The van der Waals surface area contributed by atoms with E-state index < -0.39 is 14.9 Å². The molecule has 0 spiro atoms. The summed E-state index contributed by atoms with van der Waals surface area (Å²) in [5, 5.41) is 10.8. The van der Waals surface area contributed by atoms with Gasteiger partial charge in [-0.05, 0) is 25.3 Å². The van der Waals surface area contributed by atoms with Crippen LogP contribution < -0.4 is 9.62 Å². The second kappa shape index (κ2) is 7.01. The summed E-state index contributed by atoms with van der Waals surface area (Å²) in [6.07, 6.45) is 6.16. The molecule has 1 aromatic carbocycles. The fraction of sp³-hybridized carbons (Fsp3) is 0.333. The number of anilines is 2. The molecule has 1 fully saturated rings. The van der Waals surface area contributed by atoms with Gasteiger partial charge in [-0.3, -0.25) is 14.8 Å². The molecule has 0 radical (unpaired) electrons. The lowest BCUT2D eigenvalue weighted by atomic mass is 10.1. The van der Waals surface area contributed by atoms with Crippen molar-refractivity contribution in [3.63, 3.8) is 0 Å². The predicted octanol–water partition coefficient (Wildman–Crippen LogP) is 2.18. The lowest BCUT2D eigenvalue weighted by molar-refractivity contribution is -0.385. The summed E-state index contributed by atoms with van der Waals surface area (Å²) in [6.45, 7) is 1.78. The third-order valence-electron chi connectivity index (χ3n) is 3.87. The van der Waals surface area contributed by atoms with Crippen LogP contribution in [0.5, 0.6) is 0 Å². The maximum absolute atomic E-state index is 12.4. The second-order valence-electron chi connectivity index (χ2n) is 5.68. The van der Waals surface area contributed by atoms with Crippen molar-refractivity contribution in [1.82, 2.24) is 9.97 Å². The first kappa shape index (κ1) is 17.1. The van der Waals surface area contributed by atoms with Crippen molar-refractivity contribution < 1.29 is 13.3 Å². The minimum Gasteiger partial charge on any atom is -0.341 e. The highest BCUT2D eigenvalue weighted by atomic mass is 32.2. The summed E-state index contributed by atoms with van der Waals surface area (Å²) < 4.78 is 27.1. The zero-order chi connectivity index (χ0) is 17.9. The number of nitro groups is 1. The Kier molecular flexibility index (Phi) is 4.79. The Morgan fingerprint density at radius 1 is 1.12 bits per heavy atom. The summed E-state index contributed by atoms with van der Waals surface area (Å²) in [4.78, 5) is 20.4. The molecule has 0 bridgehead atoms. The van der Waals surface area contributed by atoms with Gasteiger partial charge in [0, 0.05) is 25.2 Å². The summed E-state index contributed by atoms with van der Waals surface area (Å²) >= 11 is 0. The Hall–Kier alpha value is -2.75. The number of nitrogens with zero attached hydrogens (tertiary/aromatic N) is 4. The number of hydrogen-bond donors (Lipinski definition) is 1. The van der Waals surface area contributed by atoms with Crippen LogP contribution in [0.2, 0.25) is 0 Å². The minimum absolute atomic E-state index is 0.193. The maximum atomic E-state index is 12.4. The first-order valence-electron chi connectivity index (χ1n) is 7.80. The SMILES string of the molecule is O=[N+]([O-])c1cccc(S(=O)(=O)Nc2cnc(N3CCCCC3)nc2)c1. The minimum atomic E-state index is -3.96. The topological polar surface area (TPSA) is 118 Å². The van der Waals surface area contributed by atoms with Gasteiger partial charge in [-0.15, -0.1) is 0 Å². The van der Waals surface area contributed by atoms with Gasteiger partial charge in [0.15, 0.2) is 0 Å². The number of nitrogens with one attached hydrogen (secondary N) is 1. The molecule has 1 saturated heterocycles. The molecule has 3 rings (SSSR count). The van der Waals surface area contributed by atoms with Gasteiger partial charge in [0.05, 0.1) is 27.9 Å². The normalized spacial score (nSPS) is 15.0. The van der Waals surface area contributed by atoms with Gasteiger partial charge in [-0.2, -0.15) is 0 Å². The summed E-state index contributed by atoms with van der Waals surface area (Å²) in [7, 11) is -3.96. The smallest absolute Gasteiger partial charge is 0.270 e. The molecular formula is C15H17N5O4S. The van der Waals surface area contributed by atoms with Crippen LogP contribution in [0.15, 0.2) is 41.6 Å². The van der Waals surface area contributed by atoms with Crippen molar-refractivity contribution in [3.05, 3.63) is 46.8 Å². The fourth-order valence-corrected chi connectivity index (χ4v) is 3.68. The predicted molar refractivity (Wildman–Crippen MR) is 92.0 cm³/mol. The van der Waals surface area contributed by atoms with Crippen LogP contribution in [0.25, 0.3) is 0 Å². The van der Waals surface area contributed by atoms with Gasteiger partial charge in [0.25, 0.3) is 15.7 Å². The fourth-order valence-electron chi connectivity index (χ4n) is 2.61. The standard InChI is InChI=1S/C15H17N5O4S/c21-20(22)13-5-4-6-14(9-13)25(23,24)18-12-10-16-15(17-11-12)19-7-2-1-3-8-19/h4-6,9-11,18H,1-3,7-8H2. The first-order valence-corrected chi connectivity index (χ1v) is 9.28. The van der Waals surface area contributed by atoms with Crippen LogP contribution in [-0.4, -0.2) is 36.4 Å². The zero-order valence-corrected chi connectivity index (χ0v) is 14.1. The molecule has 0 amide bonds. The molecule has 1 aliphatic heterocycles. The van der Waals surface area contributed by atoms with Crippen LogP contribution in [0.3, 0.4) is 0 Å². The van der Waals surface area contributed by atoms with Gasteiger partial charge in [-0.25, -0.2) is 18.4 Å². The van der Waals surface area contributed by atoms with E-state index in [1.807, 2.05) is 0 Å². The Balaban J connectivity index is 1.76. The monoisotopic (exact) mass is 363 g/mol. The second-order valence-corrected chi connectivity index (χ2v) is 7.36. The molecule has 1 N–H and O–H groups in total. The van der Waals surface area contributed by atoms with Gasteiger partial charge in [0.2, 0.25) is 5.95 Å². The molecule has 0 unspecified atom stereocenters. The molecule has 0 saturated carbocycles. The quantitative estimate of drug-likeness (QED) is 0.639. The Labute approximate surface area is 144 Å². The Morgan fingerprint density at radius 2 is 1.80 bits per heavy atom. The average molecular weight is 363 g/mol. The highest BCUT2D eigenvalue weighted by Gasteiger charge is 2.19. The van der Waals surface area contributed by atoms with Gasteiger partial charge in [-0.1, -0.05) is 6.07 Å². The van der Waals surface area contributed by atoms with Crippen molar-refractivity contribution in [2.75, 3.05) is 22.7 Å². The maximum Gasteiger partial charge on any atom is 0.270 e. The lowest BCUT2D eigenvalue weighted by Crippen LogP contribution is -2.30. The third kappa shape index (κ3) is 4.02. The van der Waals surface area contributed by atoms with Crippen LogP contribution in [-0.2, 0) is 10.0 Å². The molecule has 132 valence electrons. The van der Waals surface area contributed by atoms with E-state index in [1.165, 1.54) is 37.0 Å². The van der Waals surface area contributed by atoms with Crippen LogP contribution in [0.1, 0.15) is 19.3 Å². The van der Waals surface area contributed by atoms with E-state index >= 15 is 0 Å². The van der Waals surface area contributed by atoms with Crippen LogP contribution >= 0.6 is 0 Å². The van der Waals surface area contributed by atoms with Crippen molar-refractivity contribution in [3.8, 4) is 0 Å². The average Bonchev–Trinajstić information content (AvgIpc) is 2.63. The van der Waals surface area contributed by atoms with E-state index in [2.05, 4.69) is 19.6 Å². The van der Waals surface area contributed by atoms with Crippen molar-refractivity contribution >= 4 is 27.3 Å². The summed E-state index contributed by atoms with van der Waals surface area (Å²) in [5.41, 5.74) is -0.0909. The first-order chi connectivity index (χ1) is 12.0. The molecule has 2 aromatic rings. The molecule has 1 aromatic heterocycles. The van der Waals surface area contributed by atoms with E-state index in [1.54, 1.807) is 0 Å². The highest BCUT2D eigenvalue weighted by molar-refractivity contribution is 7.92. The molecule has 25 heavy (non-hydrogen) atoms. The molecule has 0 atom stereocenters. The number of hydrogen-bond acceptors (Lipinski definition) is 7. The molecule has 1 aliphatic rings. The van der Waals surface area contributed by atoms with Crippen molar-refractivity contribution in [1.29, 1.82) is 0 Å². The number of rotatable bonds is 5.